The van der Waals surface area contributed by atoms with E-state index in [9.17, 15) is 18.4 Å². The quantitative estimate of drug-likeness (QED) is 0.288. The molecule has 0 radical (unpaired) electrons. The maximum absolute atomic E-state index is 13.0. The van der Waals surface area contributed by atoms with Gasteiger partial charge in [-0.3, -0.25) is 4.90 Å². The van der Waals surface area contributed by atoms with Crippen LogP contribution >= 0.6 is 24.8 Å². The number of alkyl halides is 2. The van der Waals surface area contributed by atoms with Crippen LogP contribution in [0.1, 0.15) is 102 Å². The molecule has 14 heteroatoms. The maximum Gasteiger partial charge on any atom is 0.420 e. The van der Waals surface area contributed by atoms with Crippen LogP contribution in [0.25, 0.3) is 0 Å². The predicted molar refractivity (Wildman–Crippen MR) is 161 cm³/mol. The topological polar surface area (TPSA) is 114 Å². The van der Waals surface area contributed by atoms with Crippen molar-refractivity contribution in [3.63, 3.8) is 0 Å². The van der Waals surface area contributed by atoms with Gasteiger partial charge in [-0.2, -0.15) is 0 Å². The summed E-state index contributed by atoms with van der Waals surface area (Å²) in [5.41, 5.74) is 0.167. The molecule has 0 aromatic carbocycles. The van der Waals surface area contributed by atoms with E-state index in [4.69, 9.17) is 9.47 Å². The van der Waals surface area contributed by atoms with Crippen molar-refractivity contribution in [1.29, 1.82) is 0 Å². The van der Waals surface area contributed by atoms with Crippen LogP contribution in [0.15, 0.2) is 12.4 Å². The van der Waals surface area contributed by atoms with Gasteiger partial charge in [-0.1, -0.05) is 0 Å². The zero-order chi connectivity index (χ0) is 29.5. The number of rotatable bonds is 10. The lowest BCUT2D eigenvalue weighted by molar-refractivity contribution is 0.0211. The third-order valence-electron chi connectivity index (χ3n) is 5.94. The van der Waals surface area contributed by atoms with Crippen molar-refractivity contribution in [2.75, 3.05) is 26.4 Å². The van der Waals surface area contributed by atoms with Crippen molar-refractivity contribution >= 4 is 37.0 Å². The number of nitrogens with one attached hydrogen (secondary N) is 2. The number of carbonyl (C=O) groups is 2. The zero-order valence-corrected chi connectivity index (χ0v) is 27.0. The van der Waals surface area contributed by atoms with Crippen molar-refractivity contribution in [2.45, 2.75) is 103 Å². The lowest BCUT2D eigenvalue weighted by Gasteiger charge is -2.27. The van der Waals surface area contributed by atoms with E-state index in [1.807, 2.05) is 6.20 Å². The fourth-order valence-electron chi connectivity index (χ4n) is 3.84. The first-order valence-electron chi connectivity index (χ1n) is 14.0. The molecule has 42 heavy (non-hydrogen) atoms. The van der Waals surface area contributed by atoms with Crippen LogP contribution in [0.3, 0.4) is 0 Å². The molecule has 240 valence electrons. The van der Waals surface area contributed by atoms with E-state index >= 15 is 0 Å². The molecule has 0 bridgehead atoms. The Morgan fingerprint density at radius 2 is 1.60 bits per heavy atom. The predicted octanol–water partition coefficient (Wildman–Crippen LogP) is 6.44. The molecule has 4 rings (SSSR count). The minimum atomic E-state index is -0.713. The summed E-state index contributed by atoms with van der Waals surface area (Å²) >= 11 is 0. The molecule has 0 atom stereocenters. The highest BCUT2D eigenvalue weighted by Crippen LogP contribution is 2.40. The van der Waals surface area contributed by atoms with Crippen LogP contribution in [0.2, 0.25) is 0 Å². The van der Waals surface area contributed by atoms with E-state index < -0.39 is 30.1 Å². The number of aromatic nitrogens is 4. The van der Waals surface area contributed by atoms with Crippen LogP contribution in [0, 0.1) is 0 Å². The van der Waals surface area contributed by atoms with Gasteiger partial charge >= 0.3 is 12.2 Å². The van der Waals surface area contributed by atoms with Gasteiger partial charge in [-0.05, 0) is 67.2 Å². The third kappa shape index (κ3) is 12.4. The summed E-state index contributed by atoms with van der Waals surface area (Å²) in [5, 5.41) is 2.98. The zero-order valence-electron chi connectivity index (χ0n) is 25.4. The summed E-state index contributed by atoms with van der Waals surface area (Å²) in [6.07, 6.45) is 6.63. The second-order valence-corrected chi connectivity index (χ2v) is 12.2. The molecule has 0 aliphatic heterocycles. The minimum Gasteiger partial charge on any atom is -0.444 e. The summed E-state index contributed by atoms with van der Waals surface area (Å²) in [6, 6.07) is 0. The Bertz CT molecular complexity index is 1120. The van der Waals surface area contributed by atoms with E-state index in [2.05, 4.69) is 20.3 Å². The highest BCUT2D eigenvalue weighted by Gasteiger charge is 2.34. The number of hydrogen-bond donors (Lipinski definition) is 2. The molecule has 0 unspecified atom stereocenters. The van der Waals surface area contributed by atoms with Crippen molar-refractivity contribution in [2.24, 2.45) is 0 Å². The van der Waals surface area contributed by atoms with Crippen LogP contribution in [0.4, 0.5) is 18.4 Å². The number of aromatic amines is 1. The Hall–Kier alpha value is -2.44. The fourth-order valence-corrected chi connectivity index (χ4v) is 3.84. The SMILES string of the molecule is CC(C)(C)OC(=O)N(CCF)Cc1cnc(C2CC2)n1C(=O)OC(C)(C)C.Cl.Cl.FCCNCc1cnc(C2CC2)[nH]1. The minimum absolute atomic E-state index is 0. The summed E-state index contributed by atoms with van der Waals surface area (Å²) in [7, 11) is 0. The average Bonchev–Trinajstić information content (AvgIpc) is 3.78. The van der Waals surface area contributed by atoms with E-state index in [-0.39, 0.29) is 50.5 Å². The van der Waals surface area contributed by atoms with Gasteiger partial charge in [0, 0.05) is 36.8 Å². The van der Waals surface area contributed by atoms with Gasteiger partial charge in [-0.25, -0.2) is 32.9 Å². The number of nitrogens with zero attached hydrogens (tertiary/aromatic N) is 4. The summed E-state index contributed by atoms with van der Waals surface area (Å²) < 4.78 is 37.0. The van der Waals surface area contributed by atoms with Gasteiger partial charge in [0.25, 0.3) is 0 Å². The Labute approximate surface area is 259 Å². The number of halogens is 4. The second kappa shape index (κ2) is 16.4. The monoisotopic (exact) mass is 638 g/mol. The number of H-pyrrole nitrogens is 1. The van der Waals surface area contributed by atoms with Crippen LogP contribution in [-0.2, 0) is 22.6 Å². The molecule has 1 amide bonds. The van der Waals surface area contributed by atoms with Crippen LogP contribution in [0.5, 0.6) is 0 Å². The molecule has 2 saturated carbocycles. The molecule has 2 heterocycles. The van der Waals surface area contributed by atoms with Crippen molar-refractivity contribution in [3.05, 3.63) is 35.4 Å². The lowest BCUT2D eigenvalue weighted by Crippen LogP contribution is -2.38. The number of ether oxygens (including phenoxy) is 2. The van der Waals surface area contributed by atoms with E-state index in [1.165, 1.54) is 22.3 Å². The second-order valence-electron chi connectivity index (χ2n) is 12.2. The fraction of sp³-hybridized carbons (Fsp3) is 0.714. The van der Waals surface area contributed by atoms with Crippen LogP contribution in [-0.4, -0.2) is 74.2 Å². The molecule has 2 aliphatic carbocycles. The molecule has 0 spiro atoms. The summed E-state index contributed by atoms with van der Waals surface area (Å²) in [5.74, 6) is 2.60. The molecule has 2 fully saturated rings. The molecule has 10 nitrogen and oxygen atoms in total. The van der Waals surface area contributed by atoms with Crippen molar-refractivity contribution in [1.82, 2.24) is 29.7 Å². The van der Waals surface area contributed by atoms with Gasteiger partial charge in [0.05, 0.1) is 25.0 Å². The lowest BCUT2D eigenvalue weighted by atomic mass is 10.2. The van der Waals surface area contributed by atoms with E-state index in [0.29, 0.717) is 30.5 Å². The van der Waals surface area contributed by atoms with Gasteiger partial charge < -0.3 is 19.8 Å². The molecule has 2 aliphatic rings. The first-order valence-corrected chi connectivity index (χ1v) is 14.0. The number of carbonyl (C=O) groups excluding carboxylic acids is 2. The number of imidazole rings is 2. The van der Waals surface area contributed by atoms with Gasteiger partial charge in [-0.15, -0.1) is 24.8 Å². The van der Waals surface area contributed by atoms with E-state index in [1.54, 1.807) is 47.7 Å². The Kier molecular flexibility index (Phi) is 14.7. The van der Waals surface area contributed by atoms with Gasteiger partial charge in [0.2, 0.25) is 0 Å². The first kappa shape index (κ1) is 37.6. The highest BCUT2D eigenvalue weighted by atomic mass is 35.5. The van der Waals surface area contributed by atoms with Crippen molar-refractivity contribution in [3.8, 4) is 0 Å². The average molecular weight is 640 g/mol. The van der Waals surface area contributed by atoms with Gasteiger partial charge in [0.15, 0.2) is 0 Å². The van der Waals surface area contributed by atoms with E-state index in [0.717, 1.165) is 24.4 Å². The number of amides is 1. The Morgan fingerprint density at radius 1 is 0.976 bits per heavy atom. The molecule has 2 aromatic heterocycles. The van der Waals surface area contributed by atoms with Crippen LogP contribution < -0.4 is 5.32 Å². The molecular weight excluding hydrogens is 593 g/mol. The Morgan fingerprint density at radius 3 is 2.12 bits per heavy atom. The maximum atomic E-state index is 13.0. The summed E-state index contributed by atoms with van der Waals surface area (Å²) in [4.78, 5) is 38.2. The smallest absolute Gasteiger partial charge is 0.420 e. The van der Waals surface area contributed by atoms with Gasteiger partial charge in [0.1, 0.15) is 36.2 Å². The van der Waals surface area contributed by atoms with Crippen molar-refractivity contribution < 1.29 is 27.8 Å². The number of hydrogen-bond acceptors (Lipinski definition) is 7. The highest BCUT2D eigenvalue weighted by molar-refractivity contribution is 5.85. The largest absolute Gasteiger partial charge is 0.444 e. The Balaban J connectivity index is 0.000000493. The summed E-state index contributed by atoms with van der Waals surface area (Å²) in [6.45, 7) is 10.5. The first-order chi connectivity index (χ1) is 18.8. The molecule has 2 N–H and O–H groups in total. The standard InChI is InChI=1S/C19H30FN3O4.C9H14FN3.2ClH/c1-18(2,3)26-16(24)22(10-9-20)12-14-11-21-15(13-7-8-13)23(14)17(25)27-19(4,5)6;10-3-4-11-5-8-6-12-9(13-8)7-1-2-7;;/h11,13H,7-10,12H2,1-6H3;6-7,11H,1-5H2,(H,12,13);2*1H. The third-order valence-corrected chi connectivity index (χ3v) is 5.94. The molecule has 2 aromatic rings. The normalized spacial score (nSPS) is 14.6. The molecule has 0 saturated heterocycles. The molecular formula is C28H46Cl2F2N6O4.